The Morgan fingerprint density at radius 1 is 1.33 bits per heavy atom. The molecule has 2 rings (SSSR count). The largest absolute Gasteiger partial charge is 0.497 e. The van der Waals surface area contributed by atoms with Gasteiger partial charge in [-0.05, 0) is 30.3 Å². The fourth-order valence-corrected chi connectivity index (χ4v) is 2.82. The zero-order valence-electron chi connectivity index (χ0n) is 12.7. The van der Waals surface area contributed by atoms with Crippen LogP contribution in [0.1, 0.15) is 24.2 Å². The number of methoxy groups -OCH3 is 2. The van der Waals surface area contributed by atoms with Gasteiger partial charge in [-0.15, -0.1) is 0 Å². The van der Waals surface area contributed by atoms with Crippen LogP contribution in [0.5, 0.6) is 11.5 Å². The van der Waals surface area contributed by atoms with Gasteiger partial charge in [-0.2, -0.15) is 5.10 Å². The van der Waals surface area contributed by atoms with Gasteiger partial charge in [-0.3, -0.25) is 4.68 Å². The van der Waals surface area contributed by atoms with E-state index in [1.165, 1.54) is 0 Å². The van der Waals surface area contributed by atoms with Crippen molar-refractivity contribution in [3.05, 3.63) is 40.1 Å². The Hall–Kier alpha value is -1.53. The van der Waals surface area contributed by atoms with E-state index in [1.807, 2.05) is 29.9 Å². The molecule has 0 aliphatic heterocycles. The highest BCUT2D eigenvalue weighted by Gasteiger charge is 2.24. The van der Waals surface area contributed by atoms with E-state index in [2.05, 4.69) is 33.3 Å². The van der Waals surface area contributed by atoms with Crippen LogP contribution in [0.4, 0.5) is 0 Å². The Balaban J connectivity index is 2.55. The van der Waals surface area contributed by atoms with Gasteiger partial charge < -0.3 is 14.8 Å². The minimum absolute atomic E-state index is 0.0399. The van der Waals surface area contributed by atoms with Gasteiger partial charge in [0.1, 0.15) is 11.4 Å². The summed E-state index contributed by atoms with van der Waals surface area (Å²) in [5, 5.41) is 7.78. The van der Waals surface area contributed by atoms with E-state index >= 15 is 0 Å². The van der Waals surface area contributed by atoms with Crippen LogP contribution in [-0.2, 0) is 7.05 Å². The third-order valence-corrected chi connectivity index (χ3v) is 4.09. The summed E-state index contributed by atoms with van der Waals surface area (Å²) in [6, 6.07) is 5.89. The molecule has 1 atom stereocenters. The molecule has 0 saturated heterocycles. The standard InChI is InChI=1S/C15H20BrN3O2/c1-5-17-14(15-13(21-4)9-18-19(15)2)11-8-10(20-3)6-7-12(11)16/h6-9,14,17H,5H2,1-4H3. The number of aromatic nitrogens is 2. The van der Waals surface area contributed by atoms with E-state index < -0.39 is 0 Å². The molecular weight excluding hydrogens is 334 g/mol. The lowest BCUT2D eigenvalue weighted by atomic mass is 10.0. The molecule has 0 fully saturated rings. The maximum absolute atomic E-state index is 5.44. The first kappa shape index (κ1) is 15.9. The van der Waals surface area contributed by atoms with Crippen LogP contribution >= 0.6 is 15.9 Å². The zero-order chi connectivity index (χ0) is 15.4. The van der Waals surface area contributed by atoms with E-state index in [0.717, 1.165) is 33.8 Å². The van der Waals surface area contributed by atoms with Gasteiger partial charge in [0.2, 0.25) is 0 Å². The molecule has 21 heavy (non-hydrogen) atoms. The summed E-state index contributed by atoms with van der Waals surface area (Å²) in [5.41, 5.74) is 2.06. The number of ether oxygens (including phenoxy) is 2. The molecule has 1 unspecified atom stereocenters. The van der Waals surface area contributed by atoms with Crippen molar-refractivity contribution in [2.45, 2.75) is 13.0 Å². The highest BCUT2D eigenvalue weighted by Crippen LogP contribution is 2.35. The topological polar surface area (TPSA) is 48.3 Å². The lowest BCUT2D eigenvalue weighted by Crippen LogP contribution is -2.25. The molecule has 0 amide bonds. The van der Waals surface area contributed by atoms with Gasteiger partial charge in [0, 0.05) is 11.5 Å². The molecule has 1 aromatic carbocycles. The van der Waals surface area contributed by atoms with Crippen LogP contribution in [0.25, 0.3) is 0 Å². The lowest BCUT2D eigenvalue weighted by Gasteiger charge is -2.21. The summed E-state index contributed by atoms with van der Waals surface area (Å²) >= 11 is 3.62. The fraction of sp³-hybridized carbons (Fsp3) is 0.400. The van der Waals surface area contributed by atoms with Gasteiger partial charge in [0.15, 0.2) is 5.75 Å². The monoisotopic (exact) mass is 353 g/mol. The van der Waals surface area contributed by atoms with Crippen molar-refractivity contribution in [1.82, 2.24) is 15.1 Å². The third kappa shape index (κ3) is 3.22. The van der Waals surface area contributed by atoms with Crippen molar-refractivity contribution >= 4 is 15.9 Å². The number of halogens is 1. The average molecular weight is 354 g/mol. The summed E-state index contributed by atoms with van der Waals surface area (Å²) < 4.78 is 13.6. The van der Waals surface area contributed by atoms with E-state index in [4.69, 9.17) is 9.47 Å². The summed E-state index contributed by atoms with van der Waals surface area (Å²) in [7, 11) is 5.24. The summed E-state index contributed by atoms with van der Waals surface area (Å²) in [6.45, 7) is 2.90. The Morgan fingerprint density at radius 2 is 2.10 bits per heavy atom. The highest BCUT2D eigenvalue weighted by atomic mass is 79.9. The predicted octanol–water partition coefficient (Wildman–Crippen LogP) is 2.90. The van der Waals surface area contributed by atoms with Crippen LogP contribution in [0.3, 0.4) is 0 Å². The first-order valence-electron chi connectivity index (χ1n) is 6.75. The van der Waals surface area contributed by atoms with Crippen molar-refractivity contribution in [2.24, 2.45) is 7.05 Å². The van der Waals surface area contributed by atoms with Crippen molar-refractivity contribution < 1.29 is 9.47 Å². The van der Waals surface area contributed by atoms with E-state index in [0.29, 0.717) is 0 Å². The van der Waals surface area contributed by atoms with E-state index in [9.17, 15) is 0 Å². The first-order valence-corrected chi connectivity index (χ1v) is 7.54. The van der Waals surface area contributed by atoms with Crippen molar-refractivity contribution in [3.8, 4) is 11.5 Å². The van der Waals surface area contributed by atoms with Gasteiger partial charge in [-0.25, -0.2) is 0 Å². The van der Waals surface area contributed by atoms with Crippen molar-refractivity contribution in [3.63, 3.8) is 0 Å². The number of benzene rings is 1. The average Bonchev–Trinajstić information content (AvgIpc) is 2.86. The van der Waals surface area contributed by atoms with Crippen LogP contribution in [0.15, 0.2) is 28.9 Å². The number of aryl methyl sites for hydroxylation is 1. The Bertz CT molecular complexity index is 613. The number of rotatable bonds is 6. The molecule has 0 aliphatic carbocycles. The maximum atomic E-state index is 5.44. The molecule has 6 heteroatoms. The Labute approximate surface area is 133 Å². The molecule has 0 spiro atoms. The minimum Gasteiger partial charge on any atom is -0.497 e. The van der Waals surface area contributed by atoms with Gasteiger partial charge >= 0.3 is 0 Å². The highest BCUT2D eigenvalue weighted by molar-refractivity contribution is 9.10. The number of hydrogen-bond donors (Lipinski definition) is 1. The molecule has 1 heterocycles. The molecule has 0 aliphatic rings. The summed E-state index contributed by atoms with van der Waals surface area (Å²) in [5.74, 6) is 1.58. The second kappa shape index (κ2) is 6.95. The molecule has 0 bridgehead atoms. The predicted molar refractivity (Wildman–Crippen MR) is 86.0 cm³/mol. The molecule has 114 valence electrons. The lowest BCUT2D eigenvalue weighted by molar-refractivity contribution is 0.399. The van der Waals surface area contributed by atoms with Crippen LogP contribution in [0.2, 0.25) is 0 Å². The van der Waals surface area contributed by atoms with Crippen LogP contribution < -0.4 is 14.8 Å². The molecule has 5 nitrogen and oxygen atoms in total. The van der Waals surface area contributed by atoms with Crippen molar-refractivity contribution in [1.29, 1.82) is 0 Å². The molecule has 2 aromatic rings. The first-order chi connectivity index (χ1) is 10.1. The second-order valence-electron chi connectivity index (χ2n) is 4.60. The van der Waals surface area contributed by atoms with Crippen LogP contribution in [0, 0.1) is 0 Å². The normalized spacial score (nSPS) is 12.2. The van der Waals surface area contributed by atoms with Crippen LogP contribution in [-0.4, -0.2) is 30.5 Å². The van der Waals surface area contributed by atoms with Gasteiger partial charge in [0.05, 0.1) is 26.5 Å². The maximum Gasteiger partial charge on any atom is 0.161 e. The van der Waals surface area contributed by atoms with E-state index in [1.54, 1.807) is 20.4 Å². The number of hydrogen-bond acceptors (Lipinski definition) is 4. The van der Waals surface area contributed by atoms with Gasteiger partial charge in [-0.1, -0.05) is 22.9 Å². The number of nitrogens with one attached hydrogen (secondary N) is 1. The van der Waals surface area contributed by atoms with Crippen molar-refractivity contribution in [2.75, 3.05) is 20.8 Å². The minimum atomic E-state index is -0.0399. The quantitative estimate of drug-likeness (QED) is 0.867. The molecule has 0 radical (unpaired) electrons. The molecule has 0 saturated carbocycles. The Kier molecular flexibility index (Phi) is 5.25. The third-order valence-electron chi connectivity index (χ3n) is 3.37. The SMILES string of the molecule is CCNC(c1cc(OC)ccc1Br)c1c(OC)cnn1C. The molecular formula is C15H20BrN3O2. The summed E-state index contributed by atoms with van der Waals surface area (Å²) in [4.78, 5) is 0. The van der Waals surface area contributed by atoms with E-state index in [-0.39, 0.29) is 6.04 Å². The molecule has 1 N–H and O–H groups in total. The Morgan fingerprint density at radius 3 is 2.71 bits per heavy atom. The fourth-order valence-electron chi connectivity index (χ4n) is 2.34. The molecule has 1 aromatic heterocycles. The second-order valence-corrected chi connectivity index (χ2v) is 5.45. The van der Waals surface area contributed by atoms with Gasteiger partial charge in [0.25, 0.3) is 0 Å². The number of nitrogens with zero attached hydrogens (tertiary/aromatic N) is 2. The zero-order valence-corrected chi connectivity index (χ0v) is 14.3. The summed E-state index contributed by atoms with van der Waals surface area (Å²) in [6.07, 6.45) is 1.73. The smallest absolute Gasteiger partial charge is 0.161 e.